The van der Waals surface area contributed by atoms with Gasteiger partial charge in [0, 0.05) is 38.9 Å². The number of nitrogens with one attached hydrogen (secondary N) is 2. The van der Waals surface area contributed by atoms with Crippen LogP contribution in [0.4, 0.5) is 0 Å². The van der Waals surface area contributed by atoms with Gasteiger partial charge in [0.25, 0.3) is 0 Å². The Balaban J connectivity index is 0.00000324. The van der Waals surface area contributed by atoms with Crippen LogP contribution in [0.25, 0.3) is 0 Å². The minimum absolute atomic E-state index is 0. The lowest BCUT2D eigenvalue weighted by atomic mass is 10.4. The third kappa shape index (κ3) is 7.00. The monoisotopic (exact) mass is 398 g/mol. The second-order valence-electron chi connectivity index (χ2n) is 3.71. The van der Waals surface area contributed by atoms with Gasteiger partial charge >= 0.3 is 0 Å². The summed E-state index contributed by atoms with van der Waals surface area (Å²) in [5.41, 5.74) is 0. The lowest BCUT2D eigenvalue weighted by molar-refractivity contribution is 0.634. The molecule has 0 aromatic carbocycles. The van der Waals surface area contributed by atoms with E-state index in [0.29, 0.717) is 0 Å². The topological polar surface area (TPSA) is 67.1 Å². The molecule has 19 heavy (non-hydrogen) atoms. The Morgan fingerprint density at radius 2 is 2.16 bits per heavy atom. The van der Waals surface area contributed by atoms with Crippen molar-refractivity contribution in [1.82, 2.24) is 25.4 Å². The predicted octanol–water partition coefficient (Wildman–Crippen LogP) is 0.986. The first kappa shape index (κ1) is 18.5. The molecule has 8 heteroatoms. The highest BCUT2D eigenvalue weighted by molar-refractivity contribution is 14.0. The van der Waals surface area contributed by atoms with Gasteiger partial charge in [-0.1, -0.05) is 6.92 Å². The summed E-state index contributed by atoms with van der Waals surface area (Å²) in [7, 11) is 1.78. The highest BCUT2D eigenvalue weighted by atomic mass is 127. The van der Waals surface area contributed by atoms with Crippen LogP contribution in [0.3, 0.4) is 0 Å². The molecular formula is C11H23IN6S. The van der Waals surface area contributed by atoms with Crippen LogP contribution < -0.4 is 10.6 Å². The van der Waals surface area contributed by atoms with Gasteiger partial charge in [0.2, 0.25) is 0 Å². The summed E-state index contributed by atoms with van der Waals surface area (Å²) in [5.74, 6) is 2.93. The zero-order valence-electron chi connectivity index (χ0n) is 11.7. The second-order valence-corrected chi connectivity index (χ2v) is 4.70. The van der Waals surface area contributed by atoms with Gasteiger partial charge in [-0.2, -0.15) is 11.8 Å². The van der Waals surface area contributed by atoms with E-state index in [9.17, 15) is 0 Å². The summed E-state index contributed by atoms with van der Waals surface area (Å²) >= 11 is 1.81. The number of hydrogen-bond donors (Lipinski definition) is 2. The third-order valence-electron chi connectivity index (χ3n) is 2.48. The Kier molecular flexibility index (Phi) is 11.0. The average molecular weight is 398 g/mol. The zero-order chi connectivity index (χ0) is 13.2. The fraction of sp³-hybridized carbons (Fsp3) is 0.727. The number of halogens is 1. The van der Waals surface area contributed by atoms with E-state index in [4.69, 9.17) is 0 Å². The van der Waals surface area contributed by atoms with E-state index in [1.807, 2.05) is 11.8 Å². The summed E-state index contributed by atoms with van der Waals surface area (Å²) in [6, 6.07) is 0. The number of thioether (sulfide) groups is 1. The Morgan fingerprint density at radius 3 is 2.79 bits per heavy atom. The van der Waals surface area contributed by atoms with Crippen LogP contribution in [-0.2, 0) is 13.0 Å². The van der Waals surface area contributed by atoms with Gasteiger partial charge in [0.15, 0.2) is 5.96 Å². The van der Waals surface area contributed by atoms with Gasteiger partial charge in [-0.25, -0.2) is 0 Å². The van der Waals surface area contributed by atoms with E-state index in [0.717, 1.165) is 43.6 Å². The molecule has 6 nitrogen and oxygen atoms in total. The minimum Gasteiger partial charge on any atom is -0.356 e. The van der Waals surface area contributed by atoms with Crippen molar-refractivity contribution < 1.29 is 0 Å². The molecule has 0 atom stereocenters. The molecule has 0 bridgehead atoms. The van der Waals surface area contributed by atoms with Crippen LogP contribution in [-0.4, -0.2) is 52.9 Å². The Bertz CT molecular complexity index is 368. The summed E-state index contributed by atoms with van der Waals surface area (Å²) < 4.78 is 2.06. The maximum absolute atomic E-state index is 4.17. The molecule has 0 unspecified atom stereocenters. The quantitative estimate of drug-likeness (QED) is 0.310. The SMILES string of the molecule is CCc1nncn1CCNC(=NC)NCCSC.I. The highest BCUT2D eigenvalue weighted by Gasteiger charge is 2.01. The van der Waals surface area contributed by atoms with Gasteiger partial charge in [-0.15, -0.1) is 34.2 Å². The van der Waals surface area contributed by atoms with Crippen LogP contribution in [0.2, 0.25) is 0 Å². The summed E-state index contributed by atoms with van der Waals surface area (Å²) in [4.78, 5) is 4.17. The molecule has 0 saturated heterocycles. The summed E-state index contributed by atoms with van der Waals surface area (Å²) in [5, 5.41) is 14.5. The normalized spacial score (nSPS) is 11.0. The van der Waals surface area contributed by atoms with Crippen molar-refractivity contribution in [1.29, 1.82) is 0 Å². The third-order valence-corrected chi connectivity index (χ3v) is 3.09. The van der Waals surface area contributed by atoms with E-state index in [-0.39, 0.29) is 24.0 Å². The molecule has 0 fully saturated rings. The number of guanidine groups is 1. The van der Waals surface area contributed by atoms with Crippen LogP contribution in [0.1, 0.15) is 12.7 Å². The average Bonchev–Trinajstić information content (AvgIpc) is 2.84. The lowest BCUT2D eigenvalue weighted by Crippen LogP contribution is -2.39. The number of aromatic nitrogens is 3. The van der Waals surface area contributed by atoms with Crippen molar-refractivity contribution in [3.05, 3.63) is 12.2 Å². The Morgan fingerprint density at radius 1 is 1.42 bits per heavy atom. The van der Waals surface area contributed by atoms with Gasteiger partial charge < -0.3 is 15.2 Å². The molecule has 0 aliphatic carbocycles. The van der Waals surface area contributed by atoms with Crippen molar-refractivity contribution in [2.24, 2.45) is 4.99 Å². The van der Waals surface area contributed by atoms with Gasteiger partial charge in [0.05, 0.1) is 0 Å². The van der Waals surface area contributed by atoms with Gasteiger partial charge in [0.1, 0.15) is 12.2 Å². The first-order valence-electron chi connectivity index (χ1n) is 6.12. The smallest absolute Gasteiger partial charge is 0.191 e. The van der Waals surface area contributed by atoms with E-state index < -0.39 is 0 Å². The molecule has 1 heterocycles. The van der Waals surface area contributed by atoms with E-state index >= 15 is 0 Å². The summed E-state index contributed by atoms with van der Waals surface area (Å²) in [6.07, 6.45) is 4.77. The van der Waals surface area contributed by atoms with E-state index in [2.05, 4.69) is 43.6 Å². The van der Waals surface area contributed by atoms with Crippen molar-refractivity contribution in [2.75, 3.05) is 32.1 Å². The van der Waals surface area contributed by atoms with Crippen LogP contribution in [0.5, 0.6) is 0 Å². The van der Waals surface area contributed by atoms with Gasteiger partial charge in [-0.3, -0.25) is 4.99 Å². The molecular weight excluding hydrogens is 375 g/mol. The number of nitrogens with zero attached hydrogens (tertiary/aromatic N) is 4. The molecule has 0 radical (unpaired) electrons. The van der Waals surface area contributed by atoms with Crippen LogP contribution in [0, 0.1) is 0 Å². The fourth-order valence-corrected chi connectivity index (χ4v) is 1.83. The molecule has 2 N–H and O–H groups in total. The van der Waals surface area contributed by atoms with E-state index in [1.165, 1.54) is 0 Å². The molecule has 1 rings (SSSR count). The van der Waals surface area contributed by atoms with Crippen molar-refractivity contribution in [3.8, 4) is 0 Å². The molecule has 0 aliphatic heterocycles. The maximum Gasteiger partial charge on any atom is 0.191 e. The van der Waals surface area contributed by atoms with Crippen LogP contribution >= 0.6 is 35.7 Å². The number of hydrogen-bond acceptors (Lipinski definition) is 4. The van der Waals surface area contributed by atoms with Crippen LogP contribution in [0.15, 0.2) is 11.3 Å². The molecule has 1 aromatic heterocycles. The molecule has 0 spiro atoms. The number of aliphatic imine (C=N–C) groups is 1. The predicted molar refractivity (Wildman–Crippen MR) is 92.6 cm³/mol. The zero-order valence-corrected chi connectivity index (χ0v) is 14.9. The first-order valence-corrected chi connectivity index (χ1v) is 7.51. The van der Waals surface area contributed by atoms with Crippen molar-refractivity contribution in [2.45, 2.75) is 19.9 Å². The standard InChI is InChI=1S/C11H22N6S.HI/c1-4-10-16-15-9-17(10)7-5-13-11(12-2)14-6-8-18-3;/h9H,4-8H2,1-3H3,(H2,12,13,14);1H. The van der Waals surface area contributed by atoms with E-state index in [1.54, 1.807) is 13.4 Å². The van der Waals surface area contributed by atoms with Gasteiger partial charge in [-0.05, 0) is 6.26 Å². The fourth-order valence-electron chi connectivity index (χ4n) is 1.53. The number of rotatable bonds is 7. The Hall–Kier alpha value is -0.510. The van der Waals surface area contributed by atoms with Crippen molar-refractivity contribution in [3.63, 3.8) is 0 Å². The highest BCUT2D eigenvalue weighted by Crippen LogP contribution is 1.94. The van der Waals surface area contributed by atoms with Crippen molar-refractivity contribution >= 4 is 41.7 Å². The minimum atomic E-state index is 0. The molecule has 1 aromatic rings. The largest absolute Gasteiger partial charge is 0.356 e. The molecule has 0 amide bonds. The molecule has 0 aliphatic rings. The summed E-state index contributed by atoms with van der Waals surface area (Å²) in [6.45, 7) is 4.66. The first-order chi connectivity index (χ1) is 8.81. The maximum atomic E-state index is 4.17. The molecule has 0 saturated carbocycles. The number of aryl methyl sites for hydroxylation is 1. The second kappa shape index (κ2) is 11.3. The Labute approximate surface area is 136 Å². The molecule has 110 valence electrons. The lowest BCUT2D eigenvalue weighted by Gasteiger charge is -2.12.